The van der Waals surface area contributed by atoms with E-state index < -0.39 is 37.9 Å². The fraction of sp³-hybridized carbons (Fsp3) is 0.300. The number of carbonyl (C=O) groups excluding carboxylic acids is 2. The first-order valence-corrected chi connectivity index (χ1v) is 10.7. The number of benzene rings is 2. The van der Waals surface area contributed by atoms with E-state index in [4.69, 9.17) is 23.2 Å². The van der Waals surface area contributed by atoms with Gasteiger partial charge in [0.05, 0.1) is 16.9 Å². The molecule has 150 valence electrons. The predicted octanol–water partition coefficient (Wildman–Crippen LogP) is 3.77. The molecule has 0 spiro atoms. The van der Waals surface area contributed by atoms with Crippen molar-refractivity contribution < 1.29 is 18.0 Å². The molecule has 8 heteroatoms. The standard InChI is InChI=1S/C20H21Cl2NO4S/c1-13-9-11-17(12-10-13)28(26,27)23-19(18(14(2)24)15(3)25)20(21,22)16-7-5-4-6-8-16/h4-12,18-19,23H,1-3H3. The molecule has 1 unspecified atom stereocenters. The summed E-state index contributed by atoms with van der Waals surface area (Å²) < 4.78 is 26.4. The molecule has 2 aromatic rings. The highest BCUT2D eigenvalue weighted by molar-refractivity contribution is 7.89. The van der Waals surface area contributed by atoms with E-state index in [-0.39, 0.29) is 4.90 Å². The van der Waals surface area contributed by atoms with Gasteiger partial charge in [0.2, 0.25) is 10.0 Å². The van der Waals surface area contributed by atoms with Crippen LogP contribution in [-0.2, 0) is 23.9 Å². The van der Waals surface area contributed by atoms with Crippen molar-refractivity contribution >= 4 is 44.8 Å². The summed E-state index contributed by atoms with van der Waals surface area (Å²) in [6.07, 6.45) is 0. The molecule has 5 nitrogen and oxygen atoms in total. The van der Waals surface area contributed by atoms with Crippen molar-refractivity contribution in [1.29, 1.82) is 0 Å². The highest BCUT2D eigenvalue weighted by Gasteiger charge is 2.47. The Balaban J connectivity index is 2.57. The Morgan fingerprint density at radius 3 is 1.89 bits per heavy atom. The van der Waals surface area contributed by atoms with E-state index in [2.05, 4.69) is 4.72 Å². The minimum absolute atomic E-state index is 0.0221. The normalized spacial score (nSPS) is 13.4. The Kier molecular flexibility index (Phi) is 7.04. The zero-order valence-electron chi connectivity index (χ0n) is 15.6. The molecule has 2 aromatic carbocycles. The second-order valence-electron chi connectivity index (χ2n) is 6.60. The smallest absolute Gasteiger partial charge is 0.240 e. The maximum Gasteiger partial charge on any atom is 0.240 e. The minimum atomic E-state index is -4.10. The lowest BCUT2D eigenvalue weighted by molar-refractivity contribution is -0.131. The van der Waals surface area contributed by atoms with Gasteiger partial charge >= 0.3 is 0 Å². The molecule has 0 bridgehead atoms. The average molecular weight is 442 g/mol. The third-order valence-electron chi connectivity index (χ3n) is 4.37. The first kappa shape index (κ1) is 22.6. The Morgan fingerprint density at radius 1 is 0.929 bits per heavy atom. The minimum Gasteiger partial charge on any atom is -0.299 e. The van der Waals surface area contributed by atoms with Crippen molar-refractivity contribution in [2.45, 2.75) is 36.0 Å². The molecule has 2 rings (SSSR count). The summed E-state index contributed by atoms with van der Waals surface area (Å²) in [6.45, 7) is 4.23. The average Bonchev–Trinajstić information content (AvgIpc) is 2.61. The van der Waals surface area contributed by atoms with E-state index in [0.717, 1.165) is 5.56 Å². The van der Waals surface area contributed by atoms with Crippen LogP contribution in [0.4, 0.5) is 0 Å². The van der Waals surface area contributed by atoms with Gasteiger partial charge in [0.25, 0.3) is 0 Å². The molecule has 0 heterocycles. The van der Waals surface area contributed by atoms with E-state index in [1.807, 2.05) is 6.92 Å². The van der Waals surface area contributed by atoms with Gasteiger partial charge in [0.1, 0.15) is 11.6 Å². The number of alkyl halides is 2. The number of nitrogens with one attached hydrogen (secondary N) is 1. The van der Waals surface area contributed by atoms with Gasteiger partial charge in [-0.25, -0.2) is 13.1 Å². The summed E-state index contributed by atoms with van der Waals surface area (Å²) >= 11 is 13.1. The Hall–Kier alpha value is -1.73. The van der Waals surface area contributed by atoms with Crippen molar-refractivity contribution in [2.75, 3.05) is 0 Å². The summed E-state index contributed by atoms with van der Waals surface area (Å²) in [5.74, 6) is -2.42. The molecule has 0 fully saturated rings. The number of carbonyl (C=O) groups is 2. The third kappa shape index (κ3) is 5.00. The molecule has 0 aliphatic carbocycles. The molecule has 0 saturated heterocycles. The number of hydrogen-bond donors (Lipinski definition) is 1. The largest absolute Gasteiger partial charge is 0.299 e. The summed E-state index contributed by atoms with van der Waals surface area (Å²) in [6, 6.07) is 13.0. The van der Waals surface area contributed by atoms with Crippen LogP contribution >= 0.6 is 23.2 Å². The Morgan fingerprint density at radius 2 is 1.43 bits per heavy atom. The lowest BCUT2D eigenvalue weighted by Gasteiger charge is -2.34. The van der Waals surface area contributed by atoms with Crippen LogP contribution < -0.4 is 4.72 Å². The lowest BCUT2D eigenvalue weighted by Crippen LogP contribution is -2.53. The molecular formula is C20H21Cl2NO4S. The second kappa shape index (κ2) is 8.74. The number of Topliss-reactive ketones (excluding diaryl/α,β-unsaturated/α-hetero) is 2. The zero-order chi connectivity index (χ0) is 21.1. The molecule has 0 radical (unpaired) electrons. The fourth-order valence-electron chi connectivity index (χ4n) is 2.90. The molecule has 28 heavy (non-hydrogen) atoms. The number of hydrogen-bond acceptors (Lipinski definition) is 4. The van der Waals surface area contributed by atoms with E-state index in [1.165, 1.54) is 26.0 Å². The summed E-state index contributed by atoms with van der Waals surface area (Å²) in [4.78, 5) is 24.4. The van der Waals surface area contributed by atoms with Gasteiger partial charge in [-0.15, -0.1) is 0 Å². The molecule has 1 atom stereocenters. The number of ketones is 2. The monoisotopic (exact) mass is 441 g/mol. The van der Waals surface area contributed by atoms with Crippen LogP contribution in [0, 0.1) is 12.8 Å². The molecule has 1 N–H and O–H groups in total. The molecule has 0 amide bonds. The van der Waals surface area contributed by atoms with Crippen LogP contribution in [0.2, 0.25) is 0 Å². The topological polar surface area (TPSA) is 80.3 Å². The summed E-state index contributed by atoms with van der Waals surface area (Å²) in [5.41, 5.74) is 1.25. The number of sulfonamides is 1. The number of halogens is 2. The predicted molar refractivity (Wildman–Crippen MR) is 110 cm³/mol. The first-order chi connectivity index (χ1) is 13.0. The number of aryl methyl sites for hydroxylation is 1. The molecule has 0 saturated carbocycles. The van der Waals surface area contributed by atoms with Crippen molar-refractivity contribution in [1.82, 2.24) is 4.72 Å². The van der Waals surface area contributed by atoms with Gasteiger partial charge in [0, 0.05) is 0 Å². The van der Waals surface area contributed by atoms with E-state index in [0.29, 0.717) is 5.56 Å². The van der Waals surface area contributed by atoms with Crippen molar-refractivity contribution in [2.24, 2.45) is 5.92 Å². The number of rotatable bonds is 8. The third-order valence-corrected chi connectivity index (χ3v) is 6.74. The molecule has 0 aromatic heterocycles. The maximum absolute atomic E-state index is 12.9. The maximum atomic E-state index is 12.9. The Labute approximate surface area is 175 Å². The van der Waals surface area contributed by atoms with Crippen molar-refractivity contribution in [3.8, 4) is 0 Å². The van der Waals surface area contributed by atoms with Gasteiger partial charge in [-0.05, 0) is 38.5 Å². The van der Waals surface area contributed by atoms with E-state index in [1.54, 1.807) is 42.5 Å². The van der Waals surface area contributed by atoms with Crippen LogP contribution in [0.1, 0.15) is 25.0 Å². The van der Waals surface area contributed by atoms with Gasteiger partial charge in [-0.3, -0.25) is 9.59 Å². The van der Waals surface area contributed by atoms with Crippen LogP contribution in [0.5, 0.6) is 0 Å². The molecule has 0 aliphatic rings. The second-order valence-corrected chi connectivity index (χ2v) is 9.70. The Bertz CT molecular complexity index is 943. The first-order valence-electron chi connectivity index (χ1n) is 8.50. The summed E-state index contributed by atoms with van der Waals surface area (Å²) in [7, 11) is -4.10. The molecular weight excluding hydrogens is 421 g/mol. The quantitative estimate of drug-likeness (QED) is 0.499. The highest BCUT2D eigenvalue weighted by atomic mass is 35.5. The van der Waals surface area contributed by atoms with Gasteiger partial charge in [-0.1, -0.05) is 71.2 Å². The zero-order valence-corrected chi connectivity index (χ0v) is 18.0. The van der Waals surface area contributed by atoms with Crippen LogP contribution in [0.25, 0.3) is 0 Å². The fourth-order valence-corrected chi connectivity index (χ4v) is 4.92. The SMILES string of the molecule is CC(=O)C(C(C)=O)C(NS(=O)(=O)c1ccc(C)cc1)C(Cl)(Cl)c1ccccc1. The van der Waals surface area contributed by atoms with Gasteiger partial charge in [-0.2, -0.15) is 0 Å². The highest BCUT2D eigenvalue weighted by Crippen LogP contribution is 2.41. The van der Waals surface area contributed by atoms with E-state index in [9.17, 15) is 18.0 Å². The van der Waals surface area contributed by atoms with Crippen molar-refractivity contribution in [3.05, 3.63) is 65.7 Å². The van der Waals surface area contributed by atoms with E-state index >= 15 is 0 Å². The summed E-state index contributed by atoms with van der Waals surface area (Å²) in [5, 5.41) is 0. The van der Waals surface area contributed by atoms with Gasteiger partial charge in [0.15, 0.2) is 4.33 Å². The molecule has 0 aliphatic heterocycles. The van der Waals surface area contributed by atoms with Gasteiger partial charge < -0.3 is 0 Å². The van der Waals surface area contributed by atoms with Crippen molar-refractivity contribution in [3.63, 3.8) is 0 Å². The van der Waals surface area contributed by atoms with Crippen LogP contribution in [0.3, 0.4) is 0 Å². The van der Waals surface area contributed by atoms with Crippen LogP contribution in [0.15, 0.2) is 59.5 Å². The lowest BCUT2D eigenvalue weighted by atomic mass is 9.87. The van der Waals surface area contributed by atoms with Crippen LogP contribution in [-0.4, -0.2) is 26.0 Å².